The van der Waals surface area contributed by atoms with E-state index in [1.165, 1.54) is 17.4 Å². The van der Waals surface area contributed by atoms with Crippen molar-refractivity contribution in [1.82, 2.24) is 15.2 Å². The summed E-state index contributed by atoms with van der Waals surface area (Å²) in [5.41, 5.74) is 2.74. The summed E-state index contributed by atoms with van der Waals surface area (Å²) in [6.45, 7) is 3.47. The van der Waals surface area contributed by atoms with Crippen LogP contribution in [0.1, 0.15) is 71.2 Å². The Balaban J connectivity index is 1.61. The number of nitrogens with one attached hydrogen (secondary N) is 1. The summed E-state index contributed by atoms with van der Waals surface area (Å²) in [7, 11) is 0. The molecule has 1 saturated heterocycles. The lowest BCUT2D eigenvalue weighted by Gasteiger charge is -2.33. The zero-order valence-electron chi connectivity index (χ0n) is 15.6. The molecule has 142 valence electrons. The molecule has 1 N–H and O–H groups in total. The van der Waals surface area contributed by atoms with Crippen molar-refractivity contribution in [1.29, 1.82) is 0 Å². The number of nitrogens with zero attached hydrogens (tertiary/aromatic N) is 2. The highest BCUT2D eigenvalue weighted by atomic mass is 32.1. The highest BCUT2D eigenvalue weighted by Gasteiger charge is 2.34. The van der Waals surface area contributed by atoms with Crippen LogP contribution >= 0.6 is 11.3 Å². The van der Waals surface area contributed by atoms with Crippen molar-refractivity contribution in [2.75, 3.05) is 13.1 Å². The molecule has 2 aliphatic rings. The Morgan fingerprint density at radius 1 is 1.19 bits per heavy atom. The lowest BCUT2D eigenvalue weighted by atomic mass is 9.86. The van der Waals surface area contributed by atoms with E-state index in [0.29, 0.717) is 11.6 Å². The van der Waals surface area contributed by atoms with E-state index in [1.807, 2.05) is 23.6 Å². The fourth-order valence-corrected chi connectivity index (χ4v) is 5.23. The van der Waals surface area contributed by atoms with Crippen LogP contribution in [0.5, 0.6) is 0 Å². The molecular weight excluding hydrogens is 358 g/mol. The Bertz CT molecular complexity index is 841. The Morgan fingerprint density at radius 2 is 1.96 bits per heavy atom. The fourth-order valence-electron chi connectivity index (χ4n) is 4.27. The van der Waals surface area contributed by atoms with Gasteiger partial charge in [0, 0.05) is 18.2 Å². The second kappa shape index (κ2) is 7.90. The van der Waals surface area contributed by atoms with Crippen LogP contribution in [0.4, 0.5) is 0 Å². The summed E-state index contributed by atoms with van der Waals surface area (Å²) in [6.07, 6.45) is 4.90. The number of carbonyl (C=O) groups excluding carboxylic acids is 2. The van der Waals surface area contributed by atoms with Gasteiger partial charge in [-0.05, 0) is 56.3 Å². The summed E-state index contributed by atoms with van der Waals surface area (Å²) >= 11 is 1.55. The van der Waals surface area contributed by atoms with Crippen LogP contribution < -0.4 is 5.32 Å². The van der Waals surface area contributed by atoms with Crippen LogP contribution in [0.15, 0.2) is 29.6 Å². The maximum Gasteiger partial charge on any atom is 0.280 e. The van der Waals surface area contributed by atoms with Gasteiger partial charge in [0.1, 0.15) is 5.69 Å². The van der Waals surface area contributed by atoms with Gasteiger partial charge in [-0.1, -0.05) is 24.3 Å². The van der Waals surface area contributed by atoms with E-state index in [4.69, 9.17) is 0 Å². The minimum Gasteiger partial charge on any atom is -0.317 e. The van der Waals surface area contributed by atoms with Crippen molar-refractivity contribution >= 4 is 23.2 Å². The molecule has 1 aromatic heterocycles. The Kier molecular flexibility index (Phi) is 5.36. The predicted molar refractivity (Wildman–Crippen MR) is 106 cm³/mol. The number of hydrogen-bond donors (Lipinski definition) is 1. The van der Waals surface area contributed by atoms with Crippen LogP contribution in [0.25, 0.3) is 0 Å². The fraction of sp³-hybridized carbons (Fsp3) is 0.476. The van der Waals surface area contributed by atoms with Crippen molar-refractivity contribution in [3.05, 3.63) is 51.5 Å². The molecule has 6 heteroatoms. The second-order valence-corrected chi connectivity index (χ2v) is 8.29. The Hall–Kier alpha value is -2.05. The maximum atomic E-state index is 13.2. The largest absolute Gasteiger partial charge is 0.317 e. The average molecular weight is 384 g/mol. The standard InChI is InChI=1S/C21H25N3O2S/c1-14(25)24(19-8-4-6-15-5-2-3-7-17(15)19)21(26)18-13-27-20(23-18)16-9-11-22-12-10-16/h2-3,5,7,13,16,19,22H,4,6,8-12H2,1H3/t19-/m0/s1. The van der Waals surface area contributed by atoms with E-state index >= 15 is 0 Å². The van der Waals surface area contributed by atoms with E-state index < -0.39 is 0 Å². The van der Waals surface area contributed by atoms with E-state index in [-0.39, 0.29) is 17.9 Å². The molecular formula is C21H25N3O2S. The van der Waals surface area contributed by atoms with Gasteiger partial charge in [-0.3, -0.25) is 14.5 Å². The van der Waals surface area contributed by atoms with Crippen LogP contribution in [-0.2, 0) is 11.2 Å². The highest BCUT2D eigenvalue weighted by molar-refractivity contribution is 7.09. The molecule has 0 bridgehead atoms. The number of imide groups is 1. The minimum atomic E-state index is -0.263. The molecule has 0 unspecified atom stereocenters. The molecule has 0 radical (unpaired) electrons. The molecule has 1 aromatic carbocycles. The molecule has 1 atom stereocenters. The summed E-state index contributed by atoms with van der Waals surface area (Å²) in [4.78, 5) is 31.7. The number of fused-ring (bicyclic) bond motifs is 1. The third-order valence-corrected chi connectivity index (χ3v) is 6.64. The molecule has 1 aliphatic carbocycles. The van der Waals surface area contributed by atoms with Gasteiger partial charge in [-0.25, -0.2) is 4.98 Å². The van der Waals surface area contributed by atoms with Crippen LogP contribution in [0.3, 0.4) is 0 Å². The number of aromatic nitrogens is 1. The summed E-state index contributed by atoms with van der Waals surface area (Å²) in [6, 6.07) is 7.96. The molecule has 0 saturated carbocycles. The van der Waals surface area contributed by atoms with Crippen molar-refractivity contribution in [2.45, 2.75) is 51.0 Å². The zero-order valence-corrected chi connectivity index (χ0v) is 16.4. The summed E-state index contributed by atoms with van der Waals surface area (Å²) in [5, 5.41) is 6.20. The third kappa shape index (κ3) is 3.69. The van der Waals surface area contributed by atoms with Gasteiger partial charge in [-0.2, -0.15) is 0 Å². The first kappa shape index (κ1) is 18.3. The second-order valence-electron chi connectivity index (χ2n) is 7.40. The Labute approximate surface area is 163 Å². The van der Waals surface area contributed by atoms with Gasteiger partial charge in [0.05, 0.1) is 11.0 Å². The summed E-state index contributed by atoms with van der Waals surface area (Å²) in [5.74, 6) is -0.0576. The number of carbonyl (C=O) groups is 2. The molecule has 1 fully saturated rings. The topological polar surface area (TPSA) is 62.3 Å². The minimum absolute atomic E-state index is 0.191. The number of hydrogen-bond acceptors (Lipinski definition) is 5. The van der Waals surface area contributed by atoms with E-state index in [9.17, 15) is 9.59 Å². The number of piperidine rings is 1. The number of thiazole rings is 1. The third-order valence-electron chi connectivity index (χ3n) is 5.64. The molecule has 5 nitrogen and oxygen atoms in total. The van der Waals surface area contributed by atoms with Crippen LogP contribution in [-0.4, -0.2) is 34.8 Å². The van der Waals surface area contributed by atoms with Crippen LogP contribution in [0.2, 0.25) is 0 Å². The monoisotopic (exact) mass is 383 g/mol. The van der Waals surface area contributed by atoms with E-state index in [1.54, 1.807) is 11.3 Å². The van der Waals surface area contributed by atoms with Crippen molar-refractivity contribution in [3.63, 3.8) is 0 Å². The summed E-state index contributed by atoms with van der Waals surface area (Å²) < 4.78 is 0. The smallest absolute Gasteiger partial charge is 0.280 e. The number of aryl methyl sites for hydroxylation is 1. The molecule has 4 rings (SSSR count). The number of benzene rings is 1. The molecule has 27 heavy (non-hydrogen) atoms. The predicted octanol–water partition coefficient (Wildman–Crippen LogP) is 3.68. The quantitative estimate of drug-likeness (QED) is 0.878. The van der Waals surface area contributed by atoms with Gasteiger partial charge < -0.3 is 5.32 Å². The highest BCUT2D eigenvalue weighted by Crippen LogP contribution is 2.36. The number of amides is 2. The first-order chi connectivity index (χ1) is 13.1. The van der Waals surface area contributed by atoms with Crippen molar-refractivity contribution in [3.8, 4) is 0 Å². The molecule has 2 heterocycles. The maximum absolute atomic E-state index is 13.2. The zero-order chi connectivity index (χ0) is 18.8. The van der Waals surface area contributed by atoms with Crippen LogP contribution in [0, 0.1) is 0 Å². The van der Waals surface area contributed by atoms with E-state index in [0.717, 1.165) is 55.8 Å². The normalized spacial score (nSPS) is 20.1. The van der Waals surface area contributed by atoms with Gasteiger partial charge in [0.25, 0.3) is 5.91 Å². The van der Waals surface area contributed by atoms with Crippen molar-refractivity contribution in [2.24, 2.45) is 0 Å². The van der Waals surface area contributed by atoms with Gasteiger partial charge >= 0.3 is 0 Å². The molecule has 1 aliphatic heterocycles. The average Bonchev–Trinajstić information content (AvgIpc) is 3.19. The van der Waals surface area contributed by atoms with Gasteiger partial charge in [0.15, 0.2) is 0 Å². The molecule has 2 amide bonds. The lowest BCUT2D eigenvalue weighted by Crippen LogP contribution is -2.40. The van der Waals surface area contributed by atoms with Gasteiger partial charge in [0.2, 0.25) is 5.91 Å². The van der Waals surface area contributed by atoms with Gasteiger partial charge in [-0.15, -0.1) is 11.3 Å². The Morgan fingerprint density at radius 3 is 2.74 bits per heavy atom. The SMILES string of the molecule is CC(=O)N(C(=O)c1csc(C2CCNCC2)n1)[C@H]1CCCc2ccccc21. The molecule has 2 aromatic rings. The number of rotatable bonds is 3. The molecule has 0 spiro atoms. The van der Waals surface area contributed by atoms with E-state index in [2.05, 4.69) is 16.4 Å². The lowest BCUT2D eigenvalue weighted by molar-refractivity contribution is -0.128. The van der Waals surface area contributed by atoms with Crippen molar-refractivity contribution < 1.29 is 9.59 Å². The first-order valence-corrected chi connectivity index (χ1v) is 10.6. The first-order valence-electron chi connectivity index (χ1n) is 9.73.